The maximum Gasteiger partial charge on any atom is 0.417 e. The van der Waals surface area contributed by atoms with Crippen molar-refractivity contribution in [3.8, 4) is 0 Å². The molecule has 2 aromatic rings. The highest BCUT2D eigenvalue weighted by atomic mass is 19.4. The molecule has 4 atom stereocenters. The molecule has 6 rings (SSSR count). The normalized spacial score (nSPS) is 28.3. The van der Waals surface area contributed by atoms with Gasteiger partial charge >= 0.3 is 6.18 Å². The monoisotopic (exact) mass is 574 g/mol. The van der Waals surface area contributed by atoms with Crippen LogP contribution < -0.4 is 0 Å². The minimum absolute atomic E-state index is 0.00255. The number of aromatic nitrogens is 2. The summed E-state index contributed by atoms with van der Waals surface area (Å²) >= 11 is 0. The van der Waals surface area contributed by atoms with Crippen molar-refractivity contribution in [3.63, 3.8) is 0 Å². The maximum atomic E-state index is 13.2. The van der Waals surface area contributed by atoms with Gasteiger partial charge in [-0.05, 0) is 60.6 Å². The third-order valence-electron chi connectivity index (χ3n) is 9.84. The zero-order chi connectivity index (χ0) is 29.7. The van der Waals surface area contributed by atoms with E-state index in [9.17, 15) is 18.3 Å². The van der Waals surface area contributed by atoms with Crippen LogP contribution in [0.5, 0.6) is 0 Å². The summed E-state index contributed by atoms with van der Waals surface area (Å²) in [5, 5.41) is 11.6. The van der Waals surface area contributed by atoms with Gasteiger partial charge in [0.15, 0.2) is 0 Å². The van der Waals surface area contributed by atoms with Gasteiger partial charge in [-0.1, -0.05) is 54.4 Å². The van der Waals surface area contributed by atoms with Gasteiger partial charge in [0, 0.05) is 47.7 Å². The first kappa shape index (κ1) is 30.4. The molecule has 4 unspecified atom stereocenters. The molecule has 2 fully saturated rings. The molecule has 0 aromatic carbocycles. The number of hydrogen-bond acceptors (Lipinski definition) is 5. The number of nitrogens with zero attached hydrogens (tertiary/aromatic N) is 2. The summed E-state index contributed by atoms with van der Waals surface area (Å²) < 4.78 is 52.4. The van der Waals surface area contributed by atoms with Crippen molar-refractivity contribution in [3.05, 3.63) is 57.7 Å². The molecule has 4 aliphatic rings. The lowest BCUT2D eigenvalue weighted by Gasteiger charge is -2.48. The van der Waals surface area contributed by atoms with E-state index in [1.54, 1.807) is 0 Å². The Kier molecular flexibility index (Phi) is 8.34. The number of ether oxygens (including phenoxy) is 2. The Balaban J connectivity index is 0.000000623. The average Bonchev–Trinajstić information content (AvgIpc) is 3.24. The van der Waals surface area contributed by atoms with E-state index in [0.717, 1.165) is 71.9 Å². The first-order valence-electron chi connectivity index (χ1n) is 15.4. The average molecular weight is 575 g/mol. The molecule has 8 heteroatoms. The lowest BCUT2D eigenvalue weighted by molar-refractivity contribution is -0.158. The van der Waals surface area contributed by atoms with Crippen LogP contribution in [0, 0.1) is 17.3 Å². The van der Waals surface area contributed by atoms with Crippen LogP contribution >= 0.6 is 0 Å². The molecule has 226 valence electrons. The van der Waals surface area contributed by atoms with Crippen LogP contribution in [0.25, 0.3) is 0 Å². The quantitative estimate of drug-likeness (QED) is 0.400. The summed E-state index contributed by atoms with van der Waals surface area (Å²) in [7, 11) is 0. The van der Waals surface area contributed by atoms with Crippen LogP contribution in [0.4, 0.5) is 13.2 Å². The highest BCUT2D eigenvalue weighted by molar-refractivity contribution is 5.54. The molecule has 0 bridgehead atoms. The minimum Gasteiger partial charge on any atom is -0.388 e. The largest absolute Gasteiger partial charge is 0.417 e. The molecule has 41 heavy (non-hydrogen) atoms. The Hall–Kier alpha value is -2.03. The third kappa shape index (κ3) is 5.45. The van der Waals surface area contributed by atoms with E-state index in [0.29, 0.717) is 25.3 Å². The zero-order valence-electron chi connectivity index (χ0n) is 25.3. The predicted octanol–water partition coefficient (Wildman–Crippen LogP) is 8.19. The summed E-state index contributed by atoms with van der Waals surface area (Å²) in [5.41, 5.74) is 3.71. The number of alkyl halides is 3. The number of pyridine rings is 2. The Morgan fingerprint density at radius 1 is 1.10 bits per heavy atom. The van der Waals surface area contributed by atoms with Crippen LogP contribution in [0.15, 0.2) is 18.3 Å². The summed E-state index contributed by atoms with van der Waals surface area (Å²) in [6, 6.07) is 2.49. The molecule has 5 nitrogen and oxygen atoms in total. The Bertz CT molecular complexity index is 1240. The van der Waals surface area contributed by atoms with Gasteiger partial charge in [-0.15, -0.1) is 0 Å². The lowest BCUT2D eigenvalue weighted by Crippen LogP contribution is -2.44. The van der Waals surface area contributed by atoms with Crippen LogP contribution in [0.1, 0.15) is 138 Å². The van der Waals surface area contributed by atoms with Crippen molar-refractivity contribution in [2.75, 3.05) is 13.2 Å². The molecule has 2 aliphatic heterocycles. The number of rotatable bonds is 3. The highest BCUT2D eigenvalue weighted by Crippen LogP contribution is 2.61. The van der Waals surface area contributed by atoms with E-state index < -0.39 is 29.5 Å². The maximum absolute atomic E-state index is 13.2. The fraction of sp³-hybridized carbons (Fsp3) is 0.697. The molecule has 1 saturated heterocycles. The highest BCUT2D eigenvalue weighted by Gasteiger charge is 2.56. The molecular formula is C33H45F3N2O3. The molecule has 0 radical (unpaired) electrons. The third-order valence-corrected chi connectivity index (χ3v) is 9.84. The van der Waals surface area contributed by atoms with Crippen molar-refractivity contribution >= 4 is 0 Å². The van der Waals surface area contributed by atoms with E-state index in [1.165, 1.54) is 18.9 Å². The van der Waals surface area contributed by atoms with Crippen molar-refractivity contribution in [2.45, 2.75) is 116 Å². The van der Waals surface area contributed by atoms with E-state index >= 15 is 0 Å². The van der Waals surface area contributed by atoms with Gasteiger partial charge in [-0.3, -0.25) is 9.97 Å². The topological polar surface area (TPSA) is 64.5 Å². The van der Waals surface area contributed by atoms with Crippen molar-refractivity contribution in [1.29, 1.82) is 0 Å². The van der Waals surface area contributed by atoms with Gasteiger partial charge in [0.05, 0.1) is 24.0 Å². The van der Waals surface area contributed by atoms with Gasteiger partial charge in [-0.2, -0.15) is 13.2 Å². The van der Waals surface area contributed by atoms with Crippen LogP contribution in [0.3, 0.4) is 0 Å². The number of fused-ring (bicyclic) bond motifs is 4. The lowest BCUT2D eigenvalue weighted by atomic mass is 9.58. The Morgan fingerprint density at radius 2 is 1.80 bits per heavy atom. The second-order valence-electron chi connectivity index (χ2n) is 13.4. The SMILES string of the molecule is CC(C)c1nc2c(c3c1C(c1ccc(C(F)(F)F)cn1)OC31CCOCC1C)C(O)CC1(CCC1)C2.CCC(C)C. The first-order valence-corrected chi connectivity index (χ1v) is 15.4. The Labute approximate surface area is 242 Å². The van der Waals surface area contributed by atoms with Crippen molar-refractivity contribution < 1.29 is 27.8 Å². The smallest absolute Gasteiger partial charge is 0.388 e. The minimum atomic E-state index is -4.46. The van der Waals surface area contributed by atoms with Gasteiger partial charge in [-0.25, -0.2) is 0 Å². The van der Waals surface area contributed by atoms with Crippen LogP contribution in [-0.4, -0.2) is 28.3 Å². The first-order chi connectivity index (χ1) is 19.3. The predicted molar refractivity (Wildman–Crippen MR) is 151 cm³/mol. The standard InChI is InChI=1S/C28H33F3N2O3.C5H12/c1-15(2)24-22-23(21-19(33-24)11-26(7-4-8-26)12-20(21)34)27(9-10-35-14-16(27)3)36-25(22)18-6-5-17(13-32-18)28(29,30)31;1-4-5(2)3/h5-6,13,15-16,20,25,34H,4,7-12,14H2,1-3H3;5H,4H2,1-3H3. The molecule has 2 aromatic heterocycles. The fourth-order valence-electron chi connectivity index (χ4n) is 7.01. The van der Waals surface area contributed by atoms with E-state index in [1.807, 2.05) is 0 Å². The van der Waals surface area contributed by atoms with Crippen LogP contribution in [-0.2, 0) is 27.7 Å². The number of halogens is 3. The van der Waals surface area contributed by atoms with E-state index in [4.69, 9.17) is 14.5 Å². The molecule has 4 heterocycles. The van der Waals surface area contributed by atoms with Gasteiger partial charge < -0.3 is 14.6 Å². The molecule has 2 spiro atoms. The number of aliphatic hydroxyl groups is 1. The molecule has 1 N–H and O–H groups in total. The zero-order valence-corrected chi connectivity index (χ0v) is 25.3. The van der Waals surface area contributed by atoms with Gasteiger partial charge in [0.2, 0.25) is 0 Å². The summed E-state index contributed by atoms with van der Waals surface area (Å²) in [6.07, 6.45) is 2.06. The second-order valence-corrected chi connectivity index (χ2v) is 13.4. The van der Waals surface area contributed by atoms with Gasteiger partial charge in [0.25, 0.3) is 0 Å². The van der Waals surface area contributed by atoms with E-state index in [2.05, 4.69) is 46.5 Å². The van der Waals surface area contributed by atoms with E-state index in [-0.39, 0.29) is 17.3 Å². The molecule has 0 amide bonds. The van der Waals surface area contributed by atoms with Crippen molar-refractivity contribution in [2.24, 2.45) is 17.3 Å². The molecule has 2 aliphatic carbocycles. The Morgan fingerprint density at radius 3 is 2.32 bits per heavy atom. The van der Waals surface area contributed by atoms with Gasteiger partial charge in [0.1, 0.15) is 11.7 Å². The summed E-state index contributed by atoms with van der Waals surface area (Å²) in [5.74, 6) is 0.962. The summed E-state index contributed by atoms with van der Waals surface area (Å²) in [6.45, 7) is 13.9. The second kappa shape index (κ2) is 11.2. The van der Waals surface area contributed by atoms with Crippen LogP contribution in [0.2, 0.25) is 0 Å². The molecular weight excluding hydrogens is 529 g/mol. The molecule has 1 saturated carbocycles. The number of hydrogen-bond donors (Lipinski definition) is 1. The summed E-state index contributed by atoms with van der Waals surface area (Å²) in [4.78, 5) is 9.41. The number of aliphatic hydroxyl groups excluding tert-OH is 1. The van der Waals surface area contributed by atoms with Crippen molar-refractivity contribution in [1.82, 2.24) is 9.97 Å². The fourth-order valence-corrected chi connectivity index (χ4v) is 7.01.